The first kappa shape index (κ1) is 10.6. The van der Waals surface area contributed by atoms with Gasteiger partial charge in [0.2, 0.25) is 0 Å². The first-order valence-electron chi connectivity index (χ1n) is 4.92. The zero-order valence-corrected chi connectivity index (χ0v) is 10.1. The van der Waals surface area contributed by atoms with Gasteiger partial charge in [-0.15, -0.1) is 0 Å². The van der Waals surface area contributed by atoms with E-state index in [1.165, 1.54) is 6.20 Å². The van der Waals surface area contributed by atoms with Crippen LogP contribution in [0.25, 0.3) is 0 Å². The summed E-state index contributed by atoms with van der Waals surface area (Å²) >= 11 is 3.54. The largest absolute Gasteiger partial charge is 0.340 e. The molecule has 15 heavy (non-hydrogen) atoms. The number of aromatic amines is 1. The highest BCUT2D eigenvalue weighted by atomic mass is 79.9. The lowest BCUT2D eigenvalue weighted by atomic mass is 9.85. The maximum atomic E-state index is 11.8. The number of carbonyl (C=O) groups is 1. The average molecular weight is 273 g/mol. The minimum absolute atomic E-state index is 0.0678. The van der Waals surface area contributed by atoms with Gasteiger partial charge in [-0.3, -0.25) is 4.79 Å². The molecule has 0 aromatic carbocycles. The molecule has 5 nitrogen and oxygen atoms in total. The van der Waals surface area contributed by atoms with E-state index >= 15 is 0 Å². The smallest absolute Gasteiger partial charge is 0.275 e. The Labute approximate surface area is 96.4 Å². The van der Waals surface area contributed by atoms with Crippen LogP contribution >= 0.6 is 15.9 Å². The van der Waals surface area contributed by atoms with E-state index in [9.17, 15) is 4.79 Å². The molecule has 0 bridgehead atoms. The van der Waals surface area contributed by atoms with E-state index in [1.54, 1.807) is 11.9 Å². The van der Waals surface area contributed by atoms with Gasteiger partial charge in [-0.1, -0.05) is 15.9 Å². The fraction of sp³-hybridized carbons (Fsp3) is 0.667. The summed E-state index contributed by atoms with van der Waals surface area (Å²) in [6, 6.07) is 0. The van der Waals surface area contributed by atoms with Crippen LogP contribution in [-0.2, 0) is 0 Å². The number of carbonyl (C=O) groups excluding carboxylic acids is 1. The van der Waals surface area contributed by atoms with Gasteiger partial charge in [-0.05, 0) is 18.8 Å². The number of nitrogens with one attached hydrogen (secondary N) is 1. The van der Waals surface area contributed by atoms with Gasteiger partial charge in [0.15, 0.2) is 5.69 Å². The normalized spacial score (nSPS) is 24.7. The van der Waals surface area contributed by atoms with E-state index in [1.807, 2.05) is 0 Å². The van der Waals surface area contributed by atoms with Crippen LogP contribution in [0.15, 0.2) is 6.20 Å². The SMILES string of the molecule is CN(CC1CC(Br)C1)C(=O)c1cn[nH]n1. The summed E-state index contributed by atoms with van der Waals surface area (Å²) in [4.78, 5) is 14.1. The molecule has 1 heterocycles. The number of nitrogens with zero attached hydrogens (tertiary/aromatic N) is 3. The van der Waals surface area contributed by atoms with Crippen LogP contribution in [0, 0.1) is 5.92 Å². The molecule has 1 aliphatic carbocycles. The third-order valence-electron chi connectivity index (χ3n) is 2.69. The maximum absolute atomic E-state index is 11.8. The molecular formula is C9H13BrN4O. The molecular weight excluding hydrogens is 260 g/mol. The van der Waals surface area contributed by atoms with Crippen molar-refractivity contribution >= 4 is 21.8 Å². The van der Waals surface area contributed by atoms with Crippen LogP contribution in [0.4, 0.5) is 0 Å². The quantitative estimate of drug-likeness (QED) is 0.837. The molecule has 6 heteroatoms. The predicted octanol–water partition coefficient (Wildman–Crippen LogP) is 1.05. The molecule has 1 saturated carbocycles. The summed E-state index contributed by atoms with van der Waals surface area (Å²) in [5.74, 6) is 0.553. The van der Waals surface area contributed by atoms with Gasteiger partial charge in [0.05, 0.1) is 6.20 Å². The van der Waals surface area contributed by atoms with Crippen LogP contribution in [0.2, 0.25) is 0 Å². The van der Waals surface area contributed by atoms with Crippen molar-refractivity contribution in [3.63, 3.8) is 0 Å². The Balaban J connectivity index is 1.86. The number of aromatic nitrogens is 3. The van der Waals surface area contributed by atoms with Crippen molar-refractivity contribution in [2.24, 2.45) is 5.92 Å². The van der Waals surface area contributed by atoms with Crippen LogP contribution in [-0.4, -0.2) is 44.6 Å². The summed E-state index contributed by atoms with van der Waals surface area (Å²) < 4.78 is 0. The zero-order chi connectivity index (χ0) is 10.8. The molecule has 0 unspecified atom stereocenters. The Kier molecular flexibility index (Phi) is 3.04. The lowest BCUT2D eigenvalue weighted by molar-refractivity contribution is 0.0743. The van der Waals surface area contributed by atoms with E-state index < -0.39 is 0 Å². The molecule has 1 aromatic heterocycles. The number of halogens is 1. The van der Waals surface area contributed by atoms with E-state index in [2.05, 4.69) is 31.3 Å². The van der Waals surface area contributed by atoms with Gasteiger partial charge in [0.25, 0.3) is 5.91 Å². The first-order chi connectivity index (χ1) is 7.16. The number of alkyl halides is 1. The molecule has 1 fully saturated rings. The van der Waals surface area contributed by atoms with E-state index in [0.29, 0.717) is 16.4 Å². The molecule has 1 aliphatic rings. The second kappa shape index (κ2) is 4.30. The number of hydrogen-bond donors (Lipinski definition) is 1. The van der Waals surface area contributed by atoms with Gasteiger partial charge in [0, 0.05) is 18.4 Å². The summed E-state index contributed by atoms with van der Waals surface area (Å²) in [7, 11) is 1.80. The minimum Gasteiger partial charge on any atom is -0.340 e. The van der Waals surface area contributed by atoms with E-state index in [-0.39, 0.29) is 5.91 Å². The Morgan fingerprint density at radius 1 is 1.73 bits per heavy atom. The van der Waals surface area contributed by atoms with Crippen molar-refractivity contribution in [3.8, 4) is 0 Å². The van der Waals surface area contributed by atoms with Gasteiger partial charge < -0.3 is 4.90 Å². The summed E-state index contributed by atoms with van der Waals surface area (Å²) in [6.45, 7) is 0.799. The number of hydrogen-bond acceptors (Lipinski definition) is 3. The Morgan fingerprint density at radius 2 is 2.47 bits per heavy atom. The van der Waals surface area contributed by atoms with Crippen molar-refractivity contribution in [1.82, 2.24) is 20.3 Å². The highest BCUT2D eigenvalue weighted by molar-refractivity contribution is 9.09. The van der Waals surface area contributed by atoms with Gasteiger partial charge >= 0.3 is 0 Å². The van der Waals surface area contributed by atoms with E-state index in [4.69, 9.17) is 0 Å². The topological polar surface area (TPSA) is 61.9 Å². The van der Waals surface area contributed by atoms with Crippen LogP contribution in [0.5, 0.6) is 0 Å². The Bertz CT molecular complexity index is 334. The standard InChI is InChI=1S/C9H13BrN4O/c1-14(5-6-2-7(10)3-6)9(15)8-4-11-13-12-8/h4,6-7H,2-3,5H2,1H3,(H,11,12,13). The molecule has 82 valence electrons. The summed E-state index contributed by atoms with van der Waals surface area (Å²) in [5, 5.41) is 9.83. The summed E-state index contributed by atoms with van der Waals surface area (Å²) in [5.41, 5.74) is 0.382. The molecule has 0 radical (unpaired) electrons. The van der Waals surface area contributed by atoms with Crippen molar-refractivity contribution in [1.29, 1.82) is 0 Å². The third kappa shape index (κ3) is 2.37. The lowest BCUT2D eigenvalue weighted by Gasteiger charge is -2.34. The van der Waals surface area contributed by atoms with Crippen molar-refractivity contribution in [3.05, 3.63) is 11.9 Å². The lowest BCUT2D eigenvalue weighted by Crippen LogP contribution is -2.37. The van der Waals surface area contributed by atoms with Crippen molar-refractivity contribution < 1.29 is 4.79 Å². The van der Waals surface area contributed by atoms with Gasteiger partial charge in [-0.2, -0.15) is 15.4 Å². The van der Waals surface area contributed by atoms with Crippen molar-refractivity contribution in [2.45, 2.75) is 17.7 Å². The molecule has 1 amide bonds. The number of rotatable bonds is 3. The molecule has 0 spiro atoms. The predicted molar refractivity (Wildman–Crippen MR) is 58.8 cm³/mol. The molecule has 1 aromatic rings. The molecule has 2 rings (SSSR count). The first-order valence-corrected chi connectivity index (χ1v) is 5.83. The van der Waals surface area contributed by atoms with Crippen LogP contribution < -0.4 is 0 Å². The molecule has 0 aliphatic heterocycles. The number of H-pyrrole nitrogens is 1. The monoisotopic (exact) mass is 272 g/mol. The van der Waals surface area contributed by atoms with Crippen LogP contribution in [0.3, 0.4) is 0 Å². The molecule has 1 N–H and O–H groups in total. The van der Waals surface area contributed by atoms with Gasteiger partial charge in [-0.25, -0.2) is 0 Å². The second-order valence-corrected chi connectivity index (χ2v) is 5.27. The highest BCUT2D eigenvalue weighted by Crippen LogP contribution is 2.33. The minimum atomic E-state index is -0.0678. The van der Waals surface area contributed by atoms with Crippen molar-refractivity contribution in [2.75, 3.05) is 13.6 Å². The Hall–Kier alpha value is -0.910. The van der Waals surface area contributed by atoms with E-state index in [0.717, 1.165) is 19.4 Å². The molecule has 0 saturated heterocycles. The highest BCUT2D eigenvalue weighted by Gasteiger charge is 2.29. The fourth-order valence-electron chi connectivity index (χ4n) is 1.77. The third-order valence-corrected chi connectivity index (χ3v) is 3.44. The second-order valence-electron chi connectivity index (χ2n) is 3.98. The fourth-order valence-corrected chi connectivity index (χ4v) is 2.83. The van der Waals surface area contributed by atoms with Gasteiger partial charge in [0.1, 0.15) is 0 Å². The number of amides is 1. The average Bonchev–Trinajstić information content (AvgIpc) is 2.66. The zero-order valence-electron chi connectivity index (χ0n) is 8.48. The molecule has 0 atom stereocenters. The maximum Gasteiger partial charge on any atom is 0.275 e. The van der Waals surface area contributed by atoms with Crippen LogP contribution in [0.1, 0.15) is 23.3 Å². The summed E-state index contributed by atoms with van der Waals surface area (Å²) in [6.07, 6.45) is 3.75. The Morgan fingerprint density at radius 3 is 3.00 bits per heavy atom.